The molecule has 0 amide bonds. The van der Waals surface area contributed by atoms with Crippen LogP contribution < -0.4 is 0 Å². The van der Waals surface area contributed by atoms with Crippen molar-refractivity contribution in [2.45, 2.75) is 71.1 Å². The van der Waals surface area contributed by atoms with Crippen molar-refractivity contribution in [1.29, 1.82) is 0 Å². The SMILES string of the molecule is CCCCCC1CC(O)N2CC(C(C)=O)CC2C1. The number of ketones is 1. The van der Waals surface area contributed by atoms with Gasteiger partial charge in [-0.3, -0.25) is 9.69 Å². The fourth-order valence-corrected chi connectivity index (χ4v) is 3.67. The van der Waals surface area contributed by atoms with Crippen LogP contribution in [0.1, 0.15) is 58.8 Å². The van der Waals surface area contributed by atoms with E-state index in [0.717, 1.165) is 19.4 Å². The number of aliphatic hydroxyl groups is 1. The summed E-state index contributed by atoms with van der Waals surface area (Å²) in [5.41, 5.74) is 0. The minimum atomic E-state index is -0.306. The Morgan fingerprint density at radius 2 is 2.06 bits per heavy atom. The molecule has 104 valence electrons. The molecule has 0 spiro atoms. The number of carbonyl (C=O) groups is 1. The van der Waals surface area contributed by atoms with Crippen molar-refractivity contribution in [3.05, 3.63) is 0 Å². The Hall–Kier alpha value is -0.410. The summed E-state index contributed by atoms with van der Waals surface area (Å²) >= 11 is 0. The average molecular weight is 253 g/mol. The number of rotatable bonds is 5. The van der Waals surface area contributed by atoms with E-state index in [9.17, 15) is 9.90 Å². The highest BCUT2D eigenvalue weighted by Gasteiger charge is 2.42. The first kappa shape index (κ1) is 14.0. The molecule has 3 heteroatoms. The lowest BCUT2D eigenvalue weighted by Crippen LogP contribution is -2.45. The predicted octanol–water partition coefficient (Wildman–Crippen LogP) is 2.57. The first-order chi connectivity index (χ1) is 8.61. The van der Waals surface area contributed by atoms with E-state index in [4.69, 9.17) is 0 Å². The molecule has 0 saturated carbocycles. The molecule has 1 N–H and O–H groups in total. The van der Waals surface area contributed by atoms with Gasteiger partial charge in [-0.15, -0.1) is 0 Å². The summed E-state index contributed by atoms with van der Waals surface area (Å²) < 4.78 is 0. The van der Waals surface area contributed by atoms with E-state index in [2.05, 4.69) is 11.8 Å². The summed E-state index contributed by atoms with van der Waals surface area (Å²) in [6.45, 7) is 4.70. The van der Waals surface area contributed by atoms with Crippen LogP contribution in [0.25, 0.3) is 0 Å². The molecule has 0 bridgehead atoms. The number of fused-ring (bicyclic) bond motifs is 1. The van der Waals surface area contributed by atoms with Gasteiger partial charge in [-0.2, -0.15) is 0 Å². The number of hydrogen-bond donors (Lipinski definition) is 1. The third kappa shape index (κ3) is 3.12. The van der Waals surface area contributed by atoms with E-state index in [-0.39, 0.29) is 12.1 Å². The number of carbonyl (C=O) groups excluding carboxylic acids is 1. The topological polar surface area (TPSA) is 40.5 Å². The van der Waals surface area contributed by atoms with Gasteiger partial charge >= 0.3 is 0 Å². The second-order valence-corrected chi connectivity index (χ2v) is 6.21. The largest absolute Gasteiger partial charge is 0.378 e. The number of Topliss-reactive ketones (excluding diaryl/α,β-unsaturated/α-hetero) is 1. The third-order valence-electron chi connectivity index (χ3n) is 4.78. The standard InChI is InChI=1S/C15H27NO2/c1-3-4-5-6-12-7-14-9-13(11(2)17)10-16(14)15(18)8-12/h12-15,18H,3-10H2,1-2H3. The molecule has 18 heavy (non-hydrogen) atoms. The summed E-state index contributed by atoms with van der Waals surface area (Å²) in [5.74, 6) is 1.12. The highest BCUT2D eigenvalue weighted by Crippen LogP contribution is 2.38. The van der Waals surface area contributed by atoms with Crippen molar-refractivity contribution in [1.82, 2.24) is 4.90 Å². The quantitative estimate of drug-likeness (QED) is 0.766. The number of piperidine rings is 1. The molecule has 0 aliphatic carbocycles. The first-order valence-corrected chi connectivity index (χ1v) is 7.56. The van der Waals surface area contributed by atoms with Gasteiger partial charge in [0.25, 0.3) is 0 Å². The molecule has 2 heterocycles. The van der Waals surface area contributed by atoms with E-state index < -0.39 is 0 Å². The lowest BCUT2D eigenvalue weighted by atomic mass is 9.85. The zero-order chi connectivity index (χ0) is 13.1. The first-order valence-electron chi connectivity index (χ1n) is 7.56. The van der Waals surface area contributed by atoms with Crippen LogP contribution in [0.4, 0.5) is 0 Å². The Labute approximate surface area is 111 Å². The highest BCUT2D eigenvalue weighted by atomic mass is 16.3. The van der Waals surface area contributed by atoms with Crippen molar-refractivity contribution in [2.75, 3.05) is 6.54 Å². The maximum Gasteiger partial charge on any atom is 0.134 e. The molecule has 2 aliphatic rings. The van der Waals surface area contributed by atoms with Crippen LogP contribution in [0.15, 0.2) is 0 Å². The fraction of sp³-hybridized carbons (Fsp3) is 0.933. The summed E-state index contributed by atoms with van der Waals surface area (Å²) in [7, 11) is 0. The van der Waals surface area contributed by atoms with Crippen molar-refractivity contribution < 1.29 is 9.90 Å². The minimum Gasteiger partial charge on any atom is -0.378 e. The Morgan fingerprint density at radius 1 is 1.28 bits per heavy atom. The number of hydrogen-bond acceptors (Lipinski definition) is 3. The molecular formula is C15H27NO2. The molecule has 2 rings (SSSR count). The average Bonchev–Trinajstić information content (AvgIpc) is 2.74. The van der Waals surface area contributed by atoms with Crippen LogP contribution in [0.3, 0.4) is 0 Å². The van der Waals surface area contributed by atoms with Crippen LogP contribution in [-0.2, 0) is 4.79 Å². The van der Waals surface area contributed by atoms with Gasteiger partial charge in [-0.05, 0) is 32.1 Å². The van der Waals surface area contributed by atoms with Gasteiger partial charge in [-0.1, -0.05) is 32.6 Å². The molecule has 2 fully saturated rings. The van der Waals surface area contributed by atoms with Gasteiger partial charge < -0.3 is 5.11 Å². The van der Waals surface area contributed by atoms with Gasteiger partial charge in [-0.25, -0.2) is 0 Å². The Bertz CT molecular complexity index is 292. The van der Waals surface area contributed by atoms with E-state index >= 15 is 0 Å². The van der Waals surface area contributed by atoms with Crippen LogP contribution in [-0.4, -0.2) is 34.6 Å². The summed E-state index contributed by atoms with van der Waals surface area (Å²) in [4.78, 5) is 13.6. The van der Waals surface area contributed by atoms with Crippen molar-refractivity contribution in [2.24, 2.45) is 11.8 Å². The lowest BCUT2D eigenvalue weighted by Gasteiger charge is -2.39. The fourth-order valence-electron chi connectivity index (χ4n) is 3.67. The minimum absolute atomic E-state index is 0.166. The lowest BCUT2D eigenvalue weighted by molar-refractivity contribution is -0.120. The van der Waals surface area contributed by atoms with Gasteiger partial charge in [0.1, 0.15) is 12.0 Å². The van der Waals surface area contributed by atoms with Gasteiger partial charge in [0.15, 0.2) is 0 Å². The Kier molecular flexibility index (Phi) is 4.79. The van der Waals surface area contributed by atoms with E-state index in [1.54, 1.807) is 6.92 Å². The molecule has 0 aromatic carbocycles. The van der Waals surface area contributed by atoms with Crippen molar-refractivity contribution in [3.8, 4) is 0 Å². The molecular weight excluding hydrogens is 226 g/mol. The molecule has 2 aliphatic heterocycles. The van der Waals surface area contributed by atoms with E-state index in [1.807, 2.05) is 0 Å². The van der Waals surface area contributed by atoms with Crippen LogP contribution in [0, 0.1) is 11.8 Å². The predicted molar refractivity (Wildman–Crippen MR) is 72.2 cm³/mol. The zero-order valence-corrected chi connectivity index (χ0v) is 11.8. The normalized spacial score (nSPS) is 36.6. The molecule has 4 unspecified atom stereocenters. The molecule has 0 aromatic rings. The number of aliphatic hydroxyl groups excluding tert-OH is 1. The van der Waals surface area contributed by atoms with Crippen LogP contribution >= 0.6 is 0 Å². The van der Waals surface area contributed by atoms with Gasteiger partial charge in [0.05, 0.1) is 0 Å². The van der Waals surface area contributed by atoms with Crippen molar-refractivity contribution in [3.63, 3.8) is 0 Å². The Balaban J connectivity index is 1.87. The smallest absolute Gasteiger partial charge is 0.134 e. The monoisotopic (exact) mass is 253 g/mol. The number of unbranched alkanes of at least 4 members (excludes halogenated alkanes) is 2. The zero-order valence-electron chi connectivity index (χ0n) is 11.8. The maximum absolute atomic E-state index is 11.5. The second-order valence-electron chi connectivity index (χ2n) is 6.21. The van der Waals surface area contributed by atoms with E-state index in [0.29, 0.717) is 17.7 Å². The van der Waals surface area contributed by atoms with E-state index in [1.165, 1.54) is 32.1 Å². The summed E-state index contributed by atoms with van der Waals surface area (Å²) in [6.07, 6.45) is 7.86. The third-order valence-corrected chi connectivity index (χ3v) is 4.78. The molecule has 0 radical (unpaired) electrons. The second kappa shape index (κ2) is 6.16. The summed E-state index contributed by atoms with van der Waals surface area (Å²) in [6, 6.07) is 0.453. The van der Waals surface area contributed by atoms with Crippen molar-refractivity contribution >= 4 is 5.78 Å². The van der Waals surface area contributed by atoms with Crippen LogP contribution in [0.2, 0.25) is 0 Å². The van der Waals surface area contributed by atoms with Crippen LogP contribution in [0.5, 0.6) is 0 Å². The summed E-state index contributed by atoms with van der Waals surface area (Å²) in [5, 5.41) is 10.2. The Morgan fingerprint density at radius 3 is 2.72 bits per heavy atom. The molecule has 3 nitrogen and oxygen atoms in total. The maximum atomic E-state index is 11.5. The molecule has 4 atom stereocenters. The molecule has 0 aromatic heterocycles. The highest BCUT2D eigenvalue weighted by molar-refractivity contribution is 5.78. The number of nitrogens with zero attached hydrogens (tertiary/aromatic N) is 1. The van der Waals surface area contributed by atoms with Gasteiger partial charge in [0, 0.05) is 18.5 Å². The van der Waals surface area contributed by atoms with Gasteiger partial charge in [0.2, 0.25) is 0 Å². The molecule has 2 saturated heterocycles.